The Hall–Kier alpha value is -0.170. The summed E-state index contributed by atoms with van der Waals surface area (Å²) < 4.78 is 32.1. The molecule has 0 amide bonds. The van der Waals surface area contributed by atoms with Crippen LogP contribution in [0.3, 0.4) is 0 Å². The summed E-state index contributed by atoms with van der Waals surface area (Å²) in [6, 6.07) is 0. The van der Waals surface area contributed by atoms with Crippen molar-refractivity contribution in [2.24, 2.45) is 11.3 Å². The number of ether oxygens (including phenoxy) is 1. The van der Waals surface area contributed by atoms with Gasteiger partial charge >= 0.3 is 0 Å². The van der Waals surface area contributed by atoms with E-state index < -0.39 is 10.0 Å². The van der Waals surface area contributed by atoms with Crippen molar-refractivity contribution < 1.29 is 18.3 Å². The van der Waals surface area contributed by atoms with Gasteiger partial charge in [0.25, 0.3) is 0 Å². The predicted octanol–water partition coefficient (Wildman–Crippen LogP) is 0.885. The van der Waals surface area contributed by atoms with E-state index in [0.29, 0.717) is 25.7 Å². The van der Waals surface area contributed by atoms with Crippen molar-refractivity contribution in [1.29, 1.82) is 0 Å². The maximum atomic E-state index is 12.1. The molecule has 0 unspecified atom stereocenters. The zero-order chi connectivity index (χ0) is 13.8. The van der Waals surface area contributed by atoms with Crippen LogP contribution in [0.15, 0.2) is 0 Å². The molecule has 0 aromatic heterocycles. The van der Waals surface area contributed by atoms with Crippen LogP contribution < -0.4 is 4.72 Å². The Morgan fingerprint density at radius 3 is 2.42 bits per heavy atom. The normalized spacial score (nSPS) is 24.7. The number of aliphatic hydroxyl groups excluding tert-OH is 1. The van der Waals surface area contributed by atoms with Crippen molar-refractivity contribution in [3.05, 3.63) is 0 Å². The molecule has 2 aliphatic rings. The molecule has 1 aliphatic heterocycles. The zero-order valence-electron chi connectivity index (χ0n) is 11.4. The van der Waals surface area contributed by atoms with Crippen LogP contribution >= 0.6 is 0 Å². The van der Waals surface area contributed by atoms with Gasteiger partial charge in [-0.3, -0.25) is 0 Å². The molecule has 0 aromatic carbocycles. The molecule has 0 aromatic rings. The van der Waals surface area contributed by atoms with Gasteiger partial charge in [0.05, 0.1) is 12.4 Å². The Morgan fingerprint density at radius 1 is 1.21 bits per heavy atom. The molecule has 2 rings (SSSR count). The van der Waals surface area contributed by atoms with Crippen molar-refractivity contribution in [1.82, 2.24) is 4.72 Å². The van der Waals surface area contributed by atoms with Crippen LogP contribution in [0.2, 0.25) is 0 Å². The molecule has 1 saturated carbocycles. The third-order valence-corrected chi connectivity index (χ3v) is 5.98. The second-order valence-electron chi connectivity index (χ2n) is 6.02. The molecule has 1 saturated heterocycles. The molecule has 6 heteroatoms. The lowest BCUT2D eigenvalue weighted by molar-refractivity contribution is -0.0126. The van der Waals surface area contributed by atoms with Crippen molar-refractivity contribution in [3.63, 3.8) is 0 Å². The molecule has 2 fully saturated rings. The molecule has 0 atom stereocenters. The predicted molar refractivity (Wildman–Crippen MR) is 73.3 cm³/mol. The summed E-state index contributed by atoms with van der Waals surface area (Å²) in [5.41, 5.74) is -0.332. The Balaban J connectivity index is 1.85. The van der Waals surface area contributed by atoms with E-state index in [0.717, 1.165) is 38.5 Å². The second-order valence-corrected chi connectivity index (χ2v) is 7.88. The molecular weight excluding hydrogens is 266 g/mol. The van der Waals surface area contributed by atoms with Gasteiger partial charge < -0.3 is 9.84 Å². The molecule has 0 radical (unpaired) electrons. The maximum absolute atomic E-state index is 12.1. The number of aliphatic hydroxyl groups is 1. The topological polar surface area (TPSA) is 75.6 Å². The third kappa shape index (κ3) is 4.41. The second kappa shape index (κ2) is 6.52. The van der Waals surface area contributed by atoms with Gasteiger partial charge in [0.1, 0.15) is 0 Å². The SMILES string of the molecule is O=S(=O)(CC1CCCC1)NCC1(CO)CCOCC1. The highest BCUT2D eigenvalue weighted by Gasteiger charge is 2.33. The summed E-state index contributed by atoms with van der Waals surface area (Å²) in [5.74, 6) is 0.558. The number of sulfonamides is 1. The van der Waals surface area contributed by atoms with Crippen LogP contribution in [0.5, 0.6) is 0 Å². The fraction of sp³-hybridized carbons (Fsp3) is 1.00. The van der Waals surface area contributed by atoms with Crippen LogP contribution in [-0.2, 0) is 14.8 Å². The number of nitrogens with one attached hydrogen (secondary N) is 1. The molecule has 1 aliphatic carbocycles. The van der Waals surface area contributed by atoms with Crippen molar-refractivity contribution in [3.8, 4) is 0 Å². The highest BCUT2D eigenvalue weighted by atomic mass is 32.2. The van der Waals surface area contributed by atoms with Crippen LogP contribution in [-0.4, -0.2) is 45.6 Å². The summed E-state index contributed by atoms with van der Waals surface area (Å²) >= 11 is 0. The first-order chi connectivity index (χ1) is 9.05. The number of rotatable bonds is 6. The zero-order valence-corrected chi connectivity index (χ0v) is 12.3. The lowest BCUT2D eigenvalue weighted by Crippen LogP contribution is -2.44. The third-order valence-electron chi connectivity index (χ3n) is 4.49. The average molecular weight is 291 g/mol. The van der Waals surface area contributed by atoms with E-state index in [4.69, 9.17) is 4.74 Å². The van der Waals surface area contributed by atoms with E-state index in [2.05, 4.69) is 4.72 Å². The fourth-order valence-electron chi connectivity index (χ4n) is 3.00. The monoisotopic (exact) mass is 291 g/mol. The summed E-state index contributed by atoms with van der Waals surface area (Å²) in [4.78, 5) is 0. The first-order valence-corrected chi connectivity index (χ1v) is 8.86. The molecule has 0 bridgehead atoms. The van der Waals surface area contributed by atoms with Crippen LogP contribution in [0.25, 0.3) is 0 Å². The molecule has 2 N–H and O–H groups in total. The van der Waals surface area contributed by atoms with Gasteiger partial charge in [-0.05, 0) is 31.6 Å². The first kappa shape index (κ1) is 15.2. The fourth-order valence-corrected chi connectivity index (χ4v) is 4.60. The minimum Gasteiger partial charge on any atom is -0.396 e. The Labute approximate surface area is 115 Å². The van der Waals surface area contributed by atoms with E-state index in [9.17, 15) is 13.5 Å². The van der Waals surface area contributed by atoms with Gasteiger partial charge in [0.15, 0.2) is 0 Å². The first-order valence-electron chi connectivity index (χ1n) is 7.21. The van der Waals surface area contributed by atoms with Gasteiger partial charge in [-0.1, -0.05) is 12.8 Å². The van der Waals surface area contributed by atoms with Crippen LogP contribution in [0.4, 0.5) is 0 Å². The van der Waals surface area contributed by atoms with Gasteiger partial charge in [-0.2, -0.15) is 0 Å². The number of hydrogen-bond donors (Lipinski definition) is 2. The van der Waals surface area contributed by atoms with E-state index >= 15 is 0 Å². The van der Waals surface area contributed by atoms with Gasteiger partial charge in [0, 0.05) is 25.2 Å². The minimum atomic E-state index is -3.21. The van der Waals surface area contributed by atoms with Crippen molar-refractivity contribution >= 4 is 10.0 Å². The lowest BCUT2D eigenvalue weighted by Gasteiger charge is -2.35. The highest BCUT2D eigenvalue weighted by Crippen LogP contribution is 2.30. The lowest BCUT2D eigenvalue weighted by atomic mass is 9.81. The molecular formula is C13H25NO4S. The van der Waals surface area contributed by atoms with Crippen LogP contribution in [0.1, 0.15) is 38.5 Å². The van der Waals surface area contributed by atoms with E-state index in [-0.39, 0.29) is 17.8 Å². The van der Waals surface area contributed by atoms with Crippen LogP contribution in [0, 0.1) is 11.3 Å². The van der Waals surface area contributed by atoms with Gasteiger partial charge in [0.2, 0.25) is 10.0 Å². The summed E-state index contributed by atoms with van der Waals surface area (Å²) in [6.07, 6.45) is 5.79. The molecule has 112 valence electrons. The Morgan fingerprint density at radius 2 is 1.84 bits per heavy atom. The summed E-state index contributed by atoms with van der Waals surface area (Å²) in [6.45, 7) is 1.56. The average Bonchev–Trinajstić information content (AvgIpc) is 2.90. The van der Waals surface area contributed by atoms with E-state index in [1.54, 1.807) is 0 Å². The molecule has 1 heterocycles. The van der Waals surface area contributed by atoms with E-state index in [1.165, 1.54) is 0 Å². The Bertz CT molecular complexity index is 370. The Kier molecular flexibility index (Phi) is 5.22. The maximum Gasteiger partial charge on any atom is 0.211 e. The number of hydrogen-bond acceptors (Lipinski definition) is 4. The van der Waals surface area contributed by atoms with Crippen molar-refractivity contribution in [2.45, 2.75) is 38.5 Å². The quantitative estimate of drug-likeness (QED) is 0.762. The molecule has 0 spiro atoms. The highest BCUT2D eigenvalue weighted by molar-refractivity contribution is 7.89. The minimum absolute atomic E-state index is 0.0162. The van der Waals surface area contributed by atoms with Gasteiger partial charge in [-0.15, -0.1) is 0 Å². The standard InChI is InChI=1S/C13H25NO4S/c15-11-13(5-7-18-8-6-13)10-14-19(16,17)9-12-3-1-2-4-12/h12,14-15H,1-11H2. The summed E-state index contributed by atoms with van der Waals surface area (Å²) in [7, 11) is -3.21. The van der Waals surface area contributed by atoms with Gasteiger partial charge in [-0.25, -0.2) is 13.1 Å². The largest absolute Gasteiger partial charge is 0.396 e. The van der Waals surface area contributed by atoms with Crippen molar-refractivity contribution in [2.75, 3.05) is 32.1 Å². The molecule has 19 heavy (non-hydrogen) atoms. The summed E-state index contributed by atoms with van der Waals surface area (Å²) in [5, 5.41) is 9.53. The smallest absolute Gasteiger partial charge is 0.211 e. The molecule has 5 nitrogen and oxygen atoms in total. The van der Waals surface area contributed by atoms with E-state index in [1.807, 2.05) is 0 Å².